The molecule has 1 heterocycles. The van der Waals surface area contributed by atoms with Crippen molar-refractivity contribution in [2.75, 3.05) is 6.54 Å². The molecule has 0 aliphatic carbocycles. The third kappa shape index (κ3) is 4.45. The van der Waals surface area contributed by atoms with Gasteiger partial charge < -0.3 is 5.11 Å². The van der Waals surface area contributed by atoms with Crippen molar-refractivity contribution in [3.05, 3.63) is 70.6 Å². The molecule has 2 N–H and O–H groups in total. The summed E-state index contributed by atoms with van der Waals surface area (Å²) in [7, 11) is -3.88. The number of nitrogens with one attached hydrogen (secondary N) is 1. The number of hydrogen-bond acceptors (Lipinski definition) is 4. The molecule has 0 aliphatic heterocycles. The third-order valence-corrected chi connectivity index (χ3v) is 6.54. The number of thiophene rings is 1. The maximum absolute atomic E-state index is 13.2. The smallest absolute Gasteiger partial charge is 0.215 e. The molecule has 0 bridgehead atoms. The number of hydrogen-bond donors (Lipinski definition) is 2. The Kier molecular flexibility index (Phi) is 5.12. The van der Waals surface area contributed by atoms with Gasteiger partial charge >= 0.3 is 0 Å². The van der Waals surface area contributed by atoms with Gasteiger partial charge in [0.1, 0.15) is 17.2 Å². The minimum atomic E-state index is -3.88. The second-order valence-corrected chi connectivity index (χ2v) is 9.17. The van der Waals surface area contributed by atoms with Gasteiger partial charge in [-0.2, -0.15) is 0 Å². The summed E-state index contributed by atoms with van der Waals surface area (Å²) in [4.78, 5) is 0.623. The van der Waals surface area contributed by atoms with Gasteiger partial charge in [-0.15, -0.1) is 11.3 Å². The number of benzene rings is 2. The van der Waals surface area contributed by atoms with Crippen LogP contribution < -0.4 is 4.72 Å². The molecule has 3 aromatic rings. The standard InChI is InChI=1S/C18H17F2NO3S2/c1-18(22,17-8-13-4-2-3-5-16(13)25-17)11-21-26(23,24)10-12-6-14(19)9-15(20)7-12/h2-9,21-22H,10-11H2,1H3. The fraction of sp³-hybridized carbons (Fsp3) is 0.222. The monoisotopic (exact) mass is 397 g/mol. The minimum Gasteiger partial charge on any atom is -0.383 e. The average Bonchev–Trinajstić information content (AvgIpc) is 2.97. The average molecular weight is 397 g/mol. The van der Waals surface area contributed by atoms with Gasteiger partial charge in [0, 0.05) is 22.2 Å². The Balaban J connectivity index is 1.73. The van der Waals surface area contributed by atoms with E-state index in [-0.39, 0.29) is 12.1 Å². The summed E-state index contributed by atoms with van der Waals surface area (Å²) in [5.74, 6) is -2.26. The number of rotatable bonds is 6. The normalized spacial score (nSPS) is 14.5. The molecule has 8 heteroatoms. The van der Waals surface area contributed by atoms with Crippen LogP contribution in [-0.4, -0.2) is 20.1 Å². The molecular weight excluding hydrogens is 380 g/mol. The quantitative estimate of drug-likeness (QED) is 0.669. The van der Waals surface area contributed by atoms with Gasteiger partial charge in [0.15, 0.2) is 0 Å². The summed E-state index contributed by atoms with van der Waals surface area (Å²) in [5, 5.41) is 11.6. The molecule has 0 saturated carbocycles. The first kappa shape index (κ1) is 18.9. The Morgan fingerprint density at radius 3 is 2.42 bits per heavy atom. The third-order valence-electron chi connectivity index (χ3n) is 3.87. The van der Waals surface area contributed by atoms with Crippen LogP contribution in [-0.2, 0) is 21.4 Å². The molecule has 0 saturated heterocycles. The molecule has 1 atom stereocenters. The Hall–Kier alpha value is -1.87. The van der Waals surface area contributed by atoms with Crippen molar-refractivity contribution in [3.8, 4) is 0 Å². The molecule has 4 nitrogen and oxygen atoms in total. The zero-order valence-corrected chi connectivity index (χ0v) is 15.5. The maximum Gasteiger partial charge on any atom is 0.215 e. The fourth-order valence-electron chi connectivity index (χ4n) is 2.55. The predicted octanol–water partition coefficient (Wildman–Crippen LogP) is 3.51. The number of fused-ring (bicyclic) bond motifs is 1. The maximum atomic E-state index is 13.2. The van der Waals surface area contributed by atoms with Crippen LogP contribution in [0.25, 0.3) is 10.1 Å². The summed E-state index contributed by atoms with van der Waals surface area (Å²) >= 11 is 1.38. The highest BCUT2D eigenvalue weighted by molar-refractivity contribution is 7.88. The van der Waals surface area contributed by atoms with E-state index in [1.165, 1.54) is 18.3 Å². The van der Waals surface area contributed by atoms with Gasteiger partial charge in [-0.1, -0.05) is 18.2 Å². The Bertz CT molecular complexity index is 992. The van der Waals surface area contributed by atoms with Crippen LogP contribution in [0.3, 0.4) is 0 Å². The van der Waals surface area contributed by atoms with Crippen LogP contribution in [0.5, 0.6) is 0 Å². The van der Waals surface area contributed by atoms with Gasteiger partial charge in [-0.25, -0.2) is 21.9 Å². The first-order valence-corrected chi connectivity index (χ1v) is 10.3. The lowest BCUT2D eigenvalue weighted by Gasteiger charge is -2.22. The number of aliphatic hydroxyl groups is 1. The molecule has 1 aromatic heterocycles. The lowest BCUT2D eigenvalue weighted by Crippen LogP contribution is -2.38. The Morgan fingerprint density at radius 2 is 1.77 bits per heavy atom. The SMILES string of the molecule is CC(O)(CNS(=O)(=O)Cc1cc(F)cc(F)c1)c1cc2ccccc2s1. The van der Waals surface area contributed by atoms with E-state index < -0.39 is 33.0 Å². The summed E-state index contributed by atoms with van der Waals surface area (Å²) in [6, 6.07) is 12.0. The molecule has 2 aromatic carbocycles. The Labute approximate surface area is 154 Å². The van der Waals surface area contributed by atoms with Crippen molar-refractivity contribution in [2.45, 2.75) is 18.3 Å². The van der Waals surface area contributed by atoms with Gasteiger partial charge in [-0.05, 0) is 42.1 Å². The van der Waals surface area contributed by atoms with Crippen molar-refractivity contribution in [3.63, 3.8) is 0 Å². The van der Waals surface area contributed by atoms with Crippen LogP contribution >= 0.6 is 11.3 Å². The molecule has 0 aliphatic rings. The molecule has 0 radical (unpaired) electrons. The molecule has 0 spiro atoms. The van der Waals surface area contributed by atoms with Crippen molar-refractivity contribution in [1.29, 1.82) is 0 Å². The lowest BCUT2D eigenvalue weighted by molar-refractivity contribution is 0.0666. The highest BCUT2D eigenvalue weighted by Crippen LogP contribution is 2.33. The molecule has 3 rings (SSSR count). The van der Waals surface area contributed by atoms with E-state index in [4.69, 9.17) is 0 Å². The van der Waals surface area contributed by atoms with E-state index >= 15 is 0 Å². The predicted molar refractivity (Wildman–Crippen MR) is 98.4 cm³/mol. The Morgan fingerprint density at radius 1 is 1.12 bits per heavy atom. The van der Waals surface area contributed by atoms with Crippen molar-refractivity contribution in [1.82, 2.24) is 4.72 Å². The van der Waals surface area contributed by atoms with Gasteiger partial charge in [0.05, 0.1) is 5.75 Å². The zero-order valence-electron chi connectivity index (χ0n) is 13.9. The van der Waals surface area contributed by atoms with E-state index in [1.807, 2.05) is 30.3 Å². The number of sulfonamides is 1. The van der Waals surface area contributed by atoms with Crippen molar-refractivity contribution in [2.24, 2.45) is 0 Å². The largest absolute Gasteiger partial charge is 0.383 e. The van der Waals surface area contributed by atoms with E-state index in [2.05, 4.69) is 4.72 Å². The topological polar surface area (TPSA) is 66.4 Å². The second-order valence-electron chi connectivity index (χ2n) is 6.28. The van der Waals surface area contributed by atoms with Gasteiger partial charge in [0.2, 0.25) is 10.0 Å². The minimum absolute atomic E-state index is 0.00324. The van der Waals surface area contributed by atoms with Crippen LogP contribution in [0.4, 0.5) is 8.78 Å². The van der Waals surface area contributed by atoms with Crippen LogP contribution in [0.1, 0.15) is 17.4 Å². The molecule has 0 amide bonds. The molecule has 1 unspecified atom stereocenters. The first-order chi connectivity index (χ1) is 12.1. The summed E-state index contributed by atoms with van der Waals surface area (Å²) in [6.07, 6.45) is 0. The second kappa shape index (κ2) is 7.03. The highest BCUT2D eigenvalue weighted by Gasteiger charge is 2.27. The summed E-state index contributed by atoms with van der Waals surface area (Å²) in [6.45, 7) is 1.27. The molecular formula is C18H17F2NO3S2. The summed E-state index contributed by atoms with van der Waals surface area (Å²) in [5.41, 5.74) is -1.42. The van der Waals surface area contributed by atoms with Crippen LogP contribution in [0.2, 0.25) is 0 Å². The van der Waals surface area contributed by atoms with Gasteiger partial charge in [0.25, 0.3) is 0 Å². The van der Waals surface area contributed by atoms with Crippen molar-refractivity contribution >= 4 is 31.4 Å². The molecule has 26 heavy (non-hydrogen) atoms. The lowest BCUT2D eigenvalue weighted by atomic mass is 10.1. The van der Waals surface area contributed by atoms with Crippen molar-refractivity contribution < 1.29 is 22.3 Å². The van der Waals surface area contributed by atoms with Crippen LogP contribution in [0, 0.1) is 11.6 Å². The number of halogens is 2. The first-order valence-electron chi connectivity index (χ1n) is 7.78. The zero-order chi connectivity index (χ0) is 18.9. The van der Waals surface area contributed by atoms with E-state index in [1.54, 1.807) is 0 Å². The van der Waals surface area contributed by atoms with Gasteiger partial charge in [-0.3, -0.25) is 0 Å². The summed E-state index contributed by atoms with van der Waals surface area (Å²) < 4.78 is 54.1. The van der Waals surface area contributed by atoms with E-state index in [0.29, 0.717) is 10.9 Å². The van der Waals surface area contributed by atoms with Crippen LogP contribution in [0.15, 0.2) is 48.5 Å². The molecule has 138 valence electrons. The fourth-order valence-corrected chi connectivity index (χ4v) is 4.86. The van der Waals surface area contributed by atoms with E-state index in [9.17, 15) is 22.3 Å². The highest BCUT2D eigenvalue weighted by atomic mass is 32.2. The molecule has 0 fully saturated rings. The van der Waals surface area contributed by atoms with E-state index in [0.717, 1.165) is 22.2 Å².